The molecule has 2 aromatic carbocycles. The maximum Gasteiger partial charge on any atom is 0.266 e. The number of carbonyl (C=O) groups is 1. The summed E-state index contributed by atoms with van der Waals surface area (Å²) in [5.41, 5.74) is 1.06. The van der Waals surface area contributed by atoms with E-state index in [1.54, 1.807) is 22.6 Å². The van der Waals surface area contributed by atoms with E-state index in [2.05, 4.69) is 6.92 Å². The summed E-state index contributed by atoms with van der Waals surface area (Å²) < 4.78 is 7.37. The van der Waals surface area contributed by atoms with E-state index in [1.165, 1.54) is 0 Å². The molecular weight excluding hydrogens is 378 g/mol. The summed E-state index contributed by atoms with van der Waals surface area (Å²) in [6.07, 6.45) is 2.26. The molecule has 1 unspecified atom stereocenters. The SMILES string of the molecule is CCCCC(=O)N(C)C(C)c1nc2ccccc2c(=O)n1-c1ccccc1OCC. The fourth-order valence-electron chi connectivity index (χ4n) is 3.48. The Bertz CT molecular complexity index is 1090. The van der Waals surface area contributed by atoms with Crippen molar-refractivity contribution in [2.24, 2.45) is 0 Å². The second-order valence-electron chi connectivity index (χ2n) is 7.31. The molecule has 0 saturated carbocycles. The first kappa shape index (κ1) is 21.6. The Balaban J connectivity index is 2.22. The smallest absolute Gasteiger partial charge is 0.266 e. The fourth-order valence-corrected chi connectivity index (χ4v) is 3.48. The highest BCUT2D eigenvalue weighted by Gasteiger charge is 2.25. The third kappa shape index (κ3) is 4.22. The van der Waals surface area contributed by atoms with Gasteiger partial charge in [0.1, 0.15) is 11.6 Å². The zero-order valence-electron chi connectivity index (χ0n) is 18.1. The molecule has 6 nitrogen and oxygen atoms in total. The fraction of sp³-hybridized carbons (Fsp3) is 0.375. The number of rotatable bonds is 8. The Morgan fingerprint density at radius 1 is 1.13 bits per heavy atom. The second-order valence-corrected chi connectivity index (χ2v) is 7.31. The van der Waals surface area contributed by atoms with Gasteiger partial charge in [-0.05, 0) is 44.5 Å². The summed E-state index contributed by atoms with van der Waals surface area (Å²) in [7, 11) is 1.77. The van der Waals surface area contributed by atoms with E-state index < -0.39 is 0 Å². The third-order valence-corrected chi connectivity index (χ3v) is 5.30. The first-order chi connectivity index (χ1) is 14.5. The quantitative estimate of drug-likeness (QED) is 0.552. The van der Waals surface area contributed by atoms with Gasteiger partial charge >= 0.3 is 0 Å². The average Bonchev–Trinajstić information content (AvgIpc) is 2.77. The van der Waals surface area contributed by atoms with Gasteiger partial charge in [-0.1, -0.05) is 37.6 Å². The van der Waals surface area contributed by atoms with Crippen molar-refractivity contribution in [3.8, 4) is 11.4 Å². The molecule has 1 atom stereocenters. The Hall–Kier alpha value is -3.15. The van der Waals surface area contributed by atoms with Crippen LogP contribution in [0.25, 0.3) is 16.6 Å². The molecule has 0 N–H and O–H groups in total. The first-order valence-electron chi connectivity index (χ1n) is 10.5. The minimum Gasteiger partial charge on any atom is -0.492 e. The molecule has 0 radical (unpaired) electrons. The zero-order valence-corrected chi connectivity index (χ0v) is 18.1. The van der Waals surface area contributed by atoms with E-state index in [0.29, 0.717) is 41.2 Å². The monoisotopic (exact) mass is 407 g/mol. The topological polar surface area (TPSA) is 64.4 Å². The van der Waals surface area contributed by atoms with Crippen LogP contribution in [0, 0.1) is 0 Å². The minimum atomic E-state index is -0.388. The highest BCUT2D eigenvalue weighted by atomic mass is 16.5. The third-order valence-electron chi connectivity index (χ3n) is 5.30. The van der Waals surface area contributed by atoms with Crippen molar-refractivity contribution in [1.29, 1.82) is 0 Å². The number of fused-ring (bicyclic) bond motifs is 1. The van der Waals surface area contributed by atoms with E-state index in [-0.39, 0.29) is 17.5 Å². The van der Waals surface area contributed by atoms with Gasteiger partial charge in [-0.25, -0.2) is 4.98 Å². The average molecular weight is 408 g/mol. The van der Waals surface area contributed by atoms with Gasteiger partial charge in [0.2, 0.25) is 5.91 Å². The molecule has 3 rings (SSSR count). The maximum atomic E-state index is 13.5. The molecule has 158 valence electrons. The van der Waals surface area contributed by atoms with E-state index in [1.807, 2.05) is 56.3 Å². The van der Waals surface area contributed by atoms with Crippen LogP contribution in [0.4, 0.5) is 0 Å². The lowest BCUT2D eigenvalue weighted by atomic mass is 10.1. The number of ether oxygens (including phenoxy) is 1. The number of unbranched alkanes of at least 4 members (excludes halogenated alkanes) is 1. The van der Waals surface area contributed by atoms with Crippen molar-refractivity contribution in [3.63, 3.8) is 0 Å². The van der Waals surface area contributed by atoms with Crippen molar-refractivity contribution in [1.82, 2.24) is 14.5 Å². The van der Waals surface area contributed by atoms with Crippen molar-refractivity contribution in [2.75, 3.05) is 13.7 Å². The van der Waals surface area contributed by atoms with Crippen LogP contribution in [0.1, 0.15) is 51.9 Å². The van der Waals surface area contributed by atoms with E-state index in [4.69, 9.17) is 9.72 Å². The Kier molecular flexibility index (Phi) is 6.87. The van der Waals surface area contributed by atoms with Crippen molar-refractivity contribution < 1.29 is 9.53 Å². The summed E-state index contributed by atoms with van der Waals surface area (Å²) >= 11 is 0. The van der Waals surface area contributed by atoms with Crippen LogP contribution in [-0.4, -0.2) is 34.0 Å². The first-order valence-corrected chi connectivity index (χ1v) is 10.5. The number of hydrogen-bond acceptors (Lipinski definition) is 4. The molecule has 1 heterocycles. The van der Waals surface area contributed by atoms with Gasteiger partial charge in [0.15, 0.2) is 0 Å². The molecule has 6 heteroatoms. The molecule has 0 saturated heterocycles. The van der Waals surface area contributed by atoms with Gasteiger partial charge in [0, 0.05) is 13.5 Å². The van der Waals surface area contributed by atoms with Gasteiger partial charge in [0.05, 0.1) is 29.2 Å². The van der Waals surface area contributed by atoms with Gasteiger partial charge < -0.3 is 9.64 Å². The summed E-state index contributed by atoms with van der Waals surface area (Å²) in [6.45, 7) is 6.35. The maximum absolute atomic E-state index is 13.5. The standard InChI is InChI=1S/C24H29N3O3/c1-5-7-16-22(28)26(4)17(3)23-25-19-13-9-8-12-18(19)24(29)27(23)20-14-10-11-15-21(20)30-6-2/h8-15,17H,5-7,16H2,1-4H3. The van der Waals surface area contributed by atoms with Crippen molar-refractivity contribution >= 4 is 16.8 Å². The number of benzene rings is 2. The highest BCUT2D eigenvalue weighted by molar-refractivity contribution is 5.79. The highest BCUT2D eigenvalue weighted by Crippen LogP contribution is 2.27. The van der Waals surface area contributed by atoms with Crippen molar-refractivity contribution in [3.05, 3.63) is 64.7 Å². The molecule has 1 aromatic heterocycles. The lowest BCUT2D eigenvalue weighted by Crippen LogP contribution is -2.34. The Morgan fingerprint density at radius 3 is 2.57 bits per heavy atom. The van der Waals surface area contributed by atoms with Gasteiger partial charge in [-0.15, -0.1) is 0 Å². The van der Waals surface area contributed by atoms with Gasteiger partial charge in [0.25, 0.3) is 5.56 Å². The molecule has 0 aliphatic heterocycles. The van der Waals surface area contributed by atoms with Crippen LogP contribution < -0.4 is 10.3 Å². The van der Waals surface area contributed by atoms with Gasteiger partial charge in [-0.3, -0.25) is 14.2 Å². The largest absolute Gasteiger partial charge is 0.492 e. The molecule has 0 aliphatic carbocycles. The van der Waals surface area contributed by atoms with Crippen LogP contribution in [0.15, 0.2) is 53.3 Å². The Labute approximate surface area is 177 Å². The number of carbonyl (C=O) groups excluding carboxylic acids is 1. The summed E-state index contributed by atoms with van der Waals surface area (Å²) in [6, 6.07) is 14.3. The predicted octanol–water partition coefficient (Wildman–Crippen LogP) is 4.49. The van der Waals surface area contributed by atoms with Crippen LogP contribution >= 0.6 is 0 Å². The molecule has 3 aromatic rings. The molecule has 1 amide bonds. The van der Waals surface area contributed by atoms with E-state index in [0.717, 1.165) is 12.8 Å². The number of nitrogens with zero attached hydrogens (tertiary/aromatic N) is 3. The molecule has 0 spiro atoms. The summed E-state index contributed by atoms with van der Waals surface area (Å²) in [4.78, 5) is 32.7. The van der Waals surface area contributed by atoms with Gasteiger partial charge in [-0.2, -0.15) is 0 Å². The molecule has 0 bridgehead atoms. The molecular formula is C24H29N3O3. The summed E-state index contributed by atoms with van der Waals surface area (Å²) in [5.74, 6) is 1.15. The zero-order chi connectivity index (χ0) is 21.7. The number of hydrogen-bond donors (Lipinski definition) is 0. The van der Waals surface area contributed by atoms with Crippen molar-refractivity contribution in [2.45, 2.75) is 46.1 Å². The second kappa shape index (κ2) is 9.57. The van der Waals surface area contributed by atoms with Crippen LogP contribution in [0.2, 0.25) is 0 Å². The van der Waals surface area contributed by atoms with Crippen LogP contribution in [0.5, 0.6) is 5.75 Å². The minimum absolute atomic E-state index is 0.0383. The number of para-hydroxylation sites is 3. The number of aromatic nitrogens is 2. The van der Waals surface area contributed by atoms with Crippen LogP contribution in [0.3, 0.4) is 0 Å². The Morgan fingerprint density at radius 2 is 1.83 bits per heavy atom. The van der Waals surface area contributed by atoms with Crippen LogP contribution in [-0.2, 0) is 4.79 Å². The van der Waals surface area contributed by atoms with E-state index >= 15 is 0 Å². The molecule has 0 fully saturated rings. The normalized spacial score (nSPS) is 12.0. The lowest BCUT2D eigenvalue weighted by molar-refractivity contribution is -0.132. The summed E-state index contributed by atoms with van der Waals surface area (Å²) in [5, 5.41) is 0.528. The lowest BCUT2D eigenvalue weighted by Gasteiger charge is -2.27. The predicted molar refractivity (Wildman–Crippen MR) is 119 cm³/mol. The number of amides is 1. The molecule has 0 aliphatic rings. The van der Waals surface area contributed by atoms with E-state index in [9.17, 15) is 9.59 Å². The molecule has 30 heavy (non-hydrogen) atoms.